The molecule has 0 spiro atoms. The van der Waals surface area contributed by atoms with E-state index in [1.54, 1.807) is 0 Å². The Morgan fingerprint density at radius 3 is 2.32 bits per heavy atom. The largest absolute Gasteiger partial charge is 0.393 e. The SMILES string of the molecule is CC(C)[C@@H](C)C=C[C@@H](C)[C@H]1CC[C@H]2C3=C(CC[C@]12C)[C@@]1(C)CC[C@H](O)CC1[C@H](O)[C@H]3O. The summed E-state index contributed by atoms with van der Waals surface area (Å²) in [5.74, 6) is 2.79. The Balaban J connectivity index is 1.64. The average Bonchev–Trinajstić information content (AvgIpc) is 3.08. The number of aliphatic hydroxyl groups is 3. The van der Waals surface area contributed by atoms with Gasteiger partial charge in [-0.3, -0.25) is 0 Å². The summed E-state index contributed by atoms with van der Waals surface area (Å²) in [5.41, 5.74) is 2.78. The summed E-state index contributed by atoms with van der Waals surface area (Å²) >= 11 is 0. The third kappa shape index (κ3) is 3.67. The van der Waals surface area contributed by atoms with Crippen molar-refractivity contribution in [2.24, 2.45) is 46.3 Å². The summed E-state index contributed by atoms with van der Waals surface area (Å²) in [6, 6.07) is 0. The van der Waals surface area contributed by atoms with Crippen molar-refractivity contribution in [3.05, 3.63) is 23.3 Å². The molecule has 4 aliphatic rings. The van der Waals surface area contributed by atoms with Gasteiger partial charge in [0, 0.05) is 0 Å². The van der Waals surface area contributed by atoms with Crippen molar-refractivity contribution in [2.45, 2.75) is 105 Å². The molecule has 3 N–H and O–H groups in total. The van der Waals surface area contributed by atoms with Gasteiger partial charge in [0.25, 0.3) is 0 Å². The maximum absolute atomic E-state index is 11.3. The van der Waals surface area contributed by atoms with Crippen molar-refractivity contribution < 1.29 is 15.3 Å². The van der Waals surface area contributed by atoms with Crippen LogP contribution in [0.5, 0.6) is 0 Å². The predicted molar refractivity (Wildman–Crippen MR) is 126 cm³/mol. The molecule has 2 saturated carbocycles. The highest BCUT2D eigenvalue weighted by Crippen LogP contribution is 2.65. The summed E-state index contributed by atoms with van der Waals surface area (Å²) in [4.78, 5) is 0. The molecule has 0 amide bonds. The number of aliphatic hydroxyl groups excluding tert-OH is 3. The number of hydrogen-bond acceptors (Lipinski definition) is 3. The van der Waals surface area contributed by atoms with E-state index in [0.29, 0.717) is 36.0 Å². The first-order chi connectivity index (χ1) is 14.5. The molecule has 0 saturated heterocycles. The van der Waals surface area contributed by atoms with Gasteiger partial charge >= 0.3 is 0 Å². The molecule has 2 fully saturated rings. The summed E-state index contributed by atoms with van der Waals surface area (Å²) in [6.45, 7) is 14.0. The zero-order chi connectivity index (χ0) is 22.7. The van der Waals surface area contributed by atoms with E-state index in [0.717, 1.165) is 25.7 Å². The first-order valence-electron chi connectivity index (χ1n) is 13.0. The van der Waals surface area contributed by atoms with E-state index in [1.165, 1.54) is 24.0 Å². The molecule has 10 atom stereocenters. The van der Waals surface area contributed by atoms with Gasteiger partial charge in [-0.15, -0.1) is 0 Å². The summed E-state index contributed by atoms with van der Waals surface area (Å²) in [7, 11) is 0. The topological polar surface area (TPSA) is 60.7 Å². The Morgan fingerprint density at radius 2 is 1.65 bits per heavy atom. The van der Waals surface area contributed by atoms with Gasteiger partial charge in [-0.25, -0.2) is 0 Å². The Morgan fingerprint density at radius 1 is 0.935 bits per heavy atom. The molecule has 0 aromatic carbocycles. The second-order valence-corrected chi connectivity index (χ2v) is 12.4. The van der Waals surface area contributed by atoms with E-state index in [1.807, 2.05) is 0 Å². The highest BCUT2D eigenvalue weighted by Gasteiger charge is 2.59. The van der Waals surface area contributed by atoms with E-state index >= 15 is 0 Å². The fourth-order valence-corrected chi connectivity index (χ4v) is 8.07. The Bertz CT molecular complexity index is 739. The molecule has 3 heteroatoms. The van der Waals surface area contributed by atoms with Crippen molar-refractivity contribution in [1.82, 2.24) is 0 Å². The monoisotopic (exact) mass is 430 g/mol. The molecule has 0 aromatic heterocycles. The molecule has 4 rings (SSSR count). The third-order valence-electron chi connectivity index (χ3n) is 10.5. The lowest BCUT2D eigenvalue weighted by Gasteiger charge is -2.57. The van der Waals surface area contributed by atoms with Gasteiger partial charge in [0.15, 0.2) is 0 Å². The van der Waals surface area contributed by atoms with Gasteiger partial charge in [0.05, 0.1) is 12.2 Å². The lowest BCUT2D eigenvalue weighted by Crippen LogP contribution is -2.56. The molecule has 0 bridgehead atoms. The standard InChI is InChI=1S/C28H46O3/c1-16(2)17(3)7-8-18(4)20-9-10-21-24-22(12-14-27(20,21)5)28(6)13-11-19(29)15-23(28)25(30)26(24)31/h7-8,16-21,23,25-26,29-31H,9-15H2,1-6H3/t17-,18+,19-,20+,21-,23?,25-,26-,27+,28+/m0/s1. The van der Waals surface area contributed by atoms with Crippen LogP contribution >= 0.6 is 0 Å². The summed E-state index contributed by atoms with van der Waals surface area (Å²) in [5, 5.41) is 32.8. The summed E-state index contributed by atoms with van der Waals surface area (Å²) in [6.07, 6.45) is 9.96. The summed E-state index contributed by atoms with van der Waals surface area (Å²) < 4.78 is 0. The quantitative estimate of drug-likeness (QED) is 0.516. The normalized spacial score (nSPS) is 47.3. The minimum atomic E-state index is -0.756. The zero-order valence-electron chi connectivity index (χ0n) is 20.6. The molecular weight excluding hydrogens is 384 g/mol. The van der Waals surface area contributed by atoms with E-state index < -0.39 is 12.2 Å². The van der Waals surface area contributed by atoms with Gasteiger partial charge in [-0.1, -0.05) is 59.3 Å². The first kappa shape index (κ1) is 23.5. The van der Waals surface area contributed by atoms with Crippen LogP contribution in [0.2, 0.25) is 0 Å². The van der Waals surface area contributed by atoms with Gasteiger partial charge < -0.3 is 15.3 Å². The first-order valence-corrected chi connectivity index (χ1v) is 13.0. The fourth-order valence-electron chi connectivity index (χ4n) is 8.07. The van der Waals surface area contributed by atoms with Crippen LogP contribution in [-0.2, 0) is 0 Å². The molecular formula is C28H46O3. The van der Waals surface area contributed by atoms with Crippen molar-refractivity contribution >= 4 is 0 Å². The van der Waals surface area contributed by atoms with Crippen LogP contribution in [0.1, 0.15) is 86.5 Å². The maximum Gasteiger partial charge on any atom is 0.102 e. The van der Waals surface area contributed by atoms with Crippen molar-refractivity contribution in [2.75, 3.05) is 0 Å². The second-order valence-electron chi connectivity index (χ2n) is 12.4. The predicted octanol–water partition coefficient (Wildman–Crippen LogP) is 5.50. The van der Waals surface area contributed by atoms with E-state index in [4.69, 9.17) is 0 Å². The highest BCUT2D eigenvalue weighted by atomic mass is 16.3. The molecule has 0 radical (unpaired) electrons. The van der Waals surface area contributed by atoms with Gasteiger partial charge in [0.2, 0.25) is 0 Å². The molecule has 176 valence electrons. The number of fused-ring (bicyclic) bond motifs is 4. The zero-order valence-corrected chi connectivity index (χ0v) is 20.6. The van der Waals surface area contributed by atoms with Crippen LogP contribution in [0, 0.1) is 46.3 Å². The van der Waals surface area contributed by atoms with Crippen LogP contribution in [0.4, 0.5) is 0 Å². The smallest absolute Gasteiger partial charge is 0.102 e. The van der Waals surface area contributed by atoms with Crippen molar-refractivity contribution in [1.29, 1.82) is 0 Å². The van der Waals surface area contributed by atoms with Gasteiger partial charge in [0.1, 0.15) is 6.10 Å². The molecule has 0 aliphatic heterocycles. The lowest BCUT2D eigenvalue weighted by molar-refractivity contribution is -0.0985. The Hall–Kier alpha value is -0.640. The number of rotatable bonds is 4. The molecule has 1 unspecified atom stereocenters. The van der Waals surface area contributed by atoms with Crippen molar-refractivity contribution in [3.8, 4) is 0 Å². The third-order valence-corrected chi connectivity index (χ3v) is 10.5. The van der Waals surface area contributed by atoms with Gasteiger partial charge in [-0.2, -0.15) is 0 Å². The average molecular weight is 431 g/mol. The van der Waals surface area contributed by atoms with E-state index in [2.05, 4.69) is 53.7 Å². The lowest BCUT2D eigenvalue weighted by atomic mass is 9.49. The van der Waals surface area contributed by atoms with E-state index in [9.17, 15) is 15.3 Å². The van der Waals surface area contributed by atoms with Crippen LogP contribution in [-0.4, -0.2) is 33.6 Å². The second kappa shape index (κ2) is 8.29. The molecule has 4 aliphatic carbocycles. The number of allylic oxidation sites excluding steroid dienone is 3. The van der Waals surface area contributed by atoms with Crippen LogP contribution < -0.4 is 0 Å². The molecule has 3 nitrogen and oxygen atoms in total. The van der Waals surface area contributed by atoms with Crippen LogP contribution in [0.25, 0.3) is 0 Å². The van der Waals surface area contributed by atoms with E-state index in [-0.39, 0.29) is 22.9 Å². The molecule has 31 heavy (non-hydrogen) atoms. The van der Waals surface area contributed by atoms with Crippen LogP contribution in [0.15, 0.2) is 23.3 Å². The molecule has 0 aromatic rings. The van der Waals surface area contributed by atoms with Crippen molar-refractivity contribution in [3.63, 3.8) is 0 Å². The molecule has 0 heterocycles. The van der Waals surface area contributed by atoms with Crippen LogP contribution in [0.3, 0.4) is 0 Å². The minimum absolute atomic E-state index is 0.0223. The number of hydrogen-bond donors (Lipinski definition) is 3. The maximum atomic E-state index is 11.3. The Labute approximate surface area is 190 Å². The highest BCUT2D eigenvalue weighted by molar-refractivity contribution is 5.38. The fraction of sp³-hybridized carbons (Fsp3) is 0.857. The minimum Gasteiger partial charge on any atom is -0.393 e. The van der Waals surface area contributed by atoms with Gasteiger partial charge in [-0.05, 0) is 96.9 Å². The Kier molecular flexibility index (Phi) is 6.29.